The van der Waals surface area contributed by atoms with Crippen molar-refractivity contribution in [3.05, 3.63) is 41.7 Å². The van der Waals surface area contributed by atoms with Crippen molar-refractivity contribution in [2.45, 2.75) is 24.9 Å². The van der Waals surface area contributed by atoms with Gasteiger partial charge >= 0.3 is 0 Å². The van der Waals surface area contributed by atoms with E-state index in [0.717, 1.165) is 11.8 Å². The highest BCUT2D eigenvalue weighted by atomic mass is 32.2. The van der Waals surface area contributed by atoms with E-state index in [9.17, 15) is 13.2 Å². The average molecular weight is 364 g/mol. The number of rotatable bonds is 6. The Morgan fingerprint density at radius 3 is 2.56 bits per heavy atom. The number of carbonyl (C=O) groups is 1. The monoisotopic (exact) mass is 364 g/mol. The number of ether oxygens (including phenoxy) is 1. The van der Waals surface area contributed by atoms with Crippen LogP contribution < -0.4 is 5.32 Å². The van der Waals surface area contributed by atoms with Crippen LogP contribution in [0, 0.1) is 5.41 Å². The molecule has 1 amide bonds. The van der Waals surface area contributed by atoms with Crippen LogP contribution in [0.2, 0.25) is 0 Å². The van der Waals surface area contributed by atoms with Crippen LogP contribution in [0.5, 0.6) is 0 Å². The van der Waals surface area contributed by atoms with Crippen molar-refractivity contribution >= 4 is 15.7 Å². The van der Waals surface area contributed by atoms with Crippen LogP contribution in [0.15, 0.2) is 35.4 Å². The SMILES string of the molecule is CC1(Cn2cc(C(=O)NCc3ccc(S(C)(=O)=O)cc3)nn2)COC1. The molecule has 1 saturated heterocycles. The third kappa shape index (κ3) is 4.23. The van der Waals surface area contributed by atoms with Crippen molar-refractivity contribution < 1.29 is 17.9 Å². The maximum atomic E-state index is 12.2. The molecule has 2 aromatic rings. The second kappa shape index (κ2) is 6.57. The molecule has 25 heavy (non-hydrogen) atoms. The molecule has 0 saturated carbocycles. The van der Waals surface area contributed by atoms with Crippen LogP contribution in [0.4, 0.5) is 0 Å². The fourth-order valence-corrected chi connectivity index (χ4v) is 3.17. The fourth-order valence-electron chi connectivity index (χ4n) is 2.54. The Kier molecular flexibility index (Phi) is 4.61. The van der Waals surface area contributed by atoms with Gasteiger partial charge < -0.3 is 10.1 Å². The van der Waals surface area contributed by atoms with Gasteiger partial charge in [-0.1, -0.05) is 24.3 Å². The molecule has 1 N–H and O–H groups in total. The third-order valence-corrected chi connectivity index (χ3v) is 5.15. The number of nitrogens with one attached hydrogen (secondary N) is 1. The average Bonchev–Trinajstić information content (AvgIpc) is 2.99. The summed E-state index contributed by atoms with van der Waals surface area (Å²) in [5.74, 6) is -0.326. The molecular formula is C16H20N4O4S. The molecule has 1 aliphatic heterocycles. The van der Waals surface area contributed by atoms with E-state index in [-0.39, 0.29) is 28.5 Å². The largest absolute Gasteiger partial charge is 0.380 e. The lowest BCUT2D eigenvalue weighted by Crippen LogP contribution is -2.43. The molecule has 1 aromatic heterocycles. The van der Waals surface area contributed by atoms with Crippen LogP contribution in [0.3, 0.4) is 0 Å². The summed E-state index contributed by atoms with van der Waals surface area (Å²) in [4.78, 5) is 12.4. The van der Waals surface area contributed by atoms with Crippen LogP contribution in [-0.2, 0) is 27.7 Å². The van der Waals surface area contributed by atoms with Gasteiger partial charge in [0.1, 0.15) is 0 Å². The highest BCUT2D eigenvalue weighted by molar-refractivity contribution is 7.90. The summed E-state index contributed by atoms with van der Waals surface area (Å²) in [5, 5.41) is 10.6. The van der Waals surface area contributed by atoms with E-state index in [4.69, 9.17) is 4.74 Å². The van der Waals surface area contributed by atoms with Crippen LogP contribution in [0.1, 0.15) is 23.0 Å². The third-order valence-electron chi connectivity index (χ3n) is 4.02. The van der Waals surface area contributed by atoms with Gasteiger partial charge in [-0.15, -0.1) is 5.10 Å². The molecule has 0 aliphatic carbocycles. The molecule has 9 heteroatoms. The maximum Gasteiger partial charge on any atom is 0.273 e. The number of amides is 1. The van der Waals surface area contributed by atoms with Crippen molar-refractivity contribution in [3.8, 4) is 0 Å². The zero-order valence-corrected chi connectivity index (χ0v) is 14.9. The van der Waals surface area contributed by atoms with E-state index in [2.05, 4.69) is 22.6 Å². The first-order valence-corrected chi connectivity index (χ1v) is 9.69. The lowest BCUT2D eigenvalue weighted by Gasteiger charge is -2.37. The van der Waals surface area contributed by atoms with Crippen LogP contribution >= 0.6 is 0 Å². The lowest BCUT2D eigenvalue weighted by atomic mass is 9.89. The van der Waals surface area contributed by atoms with E-state index < -0.39 is 9.84 Å². The Bertz CT molecular complexity index is 870. The van der Waals surface area contributed by atoms with Gasteiger partial charge in [0.05, 0.1) is 30.9 Å². The van der Waals surface area contributed by atoms with Gasteiger partial charge in [0.2, 0.25) is 0 Å². The van der Waals surface area contributed by atoms with Crippen molar-refractivity contribution in [3.63, 3.8) is 0 Å². The Labute approximate surface area is 146 Å². The number of carbonyl (C=O) groups excluding carboxylic acids is 1. The summed E-state index contributed by atoms with van der Waals surface area (Å²) in [6.45, 7) is 4.38. The molecule has 8 nitrogen and oxygen atoms in total. The zero-order valence-electron chi connectivity index (χ0n) is 14.1. The standard InChI is InChI=1S/C16H20N4O4S/c1-16(10-24-11-16)9-20-8-14(18-19-20)15(21)17-7-12-3-5-13(6-4-12)25(2,22)23/h3-6,8H,7,9-11H2,1-2H3,(H,17,21). The first-order valence-electron chi connectivity index (χ1n) is 7.80. The number of aromatic nitrogens is 3. The summed E-state index contributed by atoms with van der Waals surface area (Å²) in [6, 6.07) is 6.39. The fraction of sp³-hybridized carbons (Fsp3) is 0.438. The second-order valence-corrected chi connectivity index (χ2v) is 8.72. The Morgan fingerprint density at radius 1 is 1.32 bits per heavy atom. The van der Waals surface area contributed by atoms with E-state index in [0.29, 0.717) is 19.8 Å². The summed E-state index contributed by atoms with van der Waals surface area (Å²) >= 11 is 0. The topological polar surface area (TPSA) is 103 Å². The van der Waals surface area contributed by atoms with E-state index >= 15 is 0 Å². The van der Waals surface area contributed by atoms with Crippen LogP contribution in [0.25, 0.3) is 0 Å². The summed E-state index contributed by atoms with van der Waals surface area (Å²) in [7, 11) is -3.22. The van der Waals surface area contributed by atoms with Gasteiger partial charge in [-0.05, 0) is 17.7 Å². The summed E-state index contributed by atoms with van der Waals surface area (Å²) in [6.07, 6.45) is 2.77. The molecule has 134 valence electrons. The zero-order chi connectivity index (χ0) is 18.1. The highest BCUT2D eigenvalue weighted by Gasteiger charge is 2.34. The Morgan fingerprint density at radius 2 is 2.00 bits per heavy atom. The number of nitrogens with zero attached hydrogens (tertiary/aromatic N) is 3. The van der Waals surface area contributed by atoms with E-state index in [1.807, 2.05) is 0 Å². The Hall–Kier alpha value is -2.26. The Balaban J connectivity index is 1.56. The predicted molar refractivity (Wildman–Crippen MR) is 89.7 cm³/mol. The molecule has 1 aliphatic rings. The van der Waals surface area contributed by atoms with Gasteiger partial charge in [-0.3, -0.25) is 9.48 Å². The lowest BCUT2D eigenvalue weighted by molar-refractivity contribution is -0.111. The van der Waals surface area contributed by atoms with Crippen LogP contribution in [-0.4, -0.2) is 48.8 Å². The van der Waals surface area contributed by atoms with Crippen molar-refractivity contribution in [2.75, 3.05) is 19.5 Å². The number of hydrogen-bond acceptors (Lipinski definition) is 6. The van der Waals surface area contributed by atoms with Crippen molar-refractivity contribution in [1.29, 1.82) is 0 Å². The normalized spacial score (nSPS) is 16.2. The number of sulfone groups is 1. The quantitative estimate of drug-likeness (QED) is 0.807. The molecule has 1 aromatic carbocycles. The predicted octanol–water partition coefficient (Wildman–Crippen LogP) is 0.648. The second-order valence-electron chi connectivity index (χ2n) is 6.70. The molecule has 1 fully saturated rings. The minimum absolute atomic E-state index is 0.0445. The van der Waals surface area contributed by atoms with Gasteiger partial charge in [-0.25, -0.2) is 8.42 Å². The minimum Gasteiger partial charge on any atom is -0.380 e. The van der Waals surface area contributed by atoms with Gasteiger partial charge in [0, 0.05) is 18.2 Å². The van der Waals surface area contributed by atoms with Gasteiger partial charge in [-0.2, -0.15) is 0 Å². The molecule has 2 heterocycles. The first-order chi connectivity index (χ1) is 11.8. The number of benzene rings is 1. The van der Waals surface area contributed by atoms with E-state index in [1.54, 1.807) is 23.0 Å². The summed E-state index contributed by atoms with van der Waals surface area (Å²) in [5.41, 5.74) is 1.09. The molecule has 3 rings (SSSR count). The van der Waals surface area contributed by atoms with Gasteiger partial charge in [0.15, 0.2) is 15.5 Å². The smallest absolute Gasteiger partial charge is 0.273 e. The molecule has 0 unspecified atom stereocenters. The molecule has 0 atom stereocenters. The maximum absolute atomic E-state index is 12.2. The number of hydrogen-bond donors (Lipinski definition) is 1. The highest BCUT2D eigenvalue weighted by Crippen LogP contribution is 2.28. The molecule has 0 radical (unpaired) electrons. The summed E-state index contributed by atoms with van der Waals surface area (Å²) < 4.78 is 29.7. The molecular weight excluding hydrogens is 344 g/mol. The minimum atomic E-state index is -3.22. The molecule has 0 spiro atoms. The van der Waals surface area contributed by atoms with Crippen molar-refractivity contribution in [1.82, 2.24) is 20.3 Å². The molecule has 0 bridgehead atoms. The van der Waals surface area contributed by atoms with Crippen molar-refractivity contribution in [2.24, 2.45) is 5.41 Å². The van der Waals surface area contributed by atoms with Gasteiger partial charge in [0.25, 0.3) is 5.91 Å². The first kappa shape index (κ1) is 17.6. The van der Waals surface area contributed by atoms with E-state index in [1.165, 1.54) is 12.1 Å².